The van der Waals surface area contributed by atoms with Gasteiger partial charge in [0.25, 0.3) is 0 Å². The van der Waals surface area contributed by atoms with E-state index in [0.29, 0.717) is 23.5 Å². The molecule has 0 aliphatic rings. The van der Waals surface area contributed by atoms with E-state index in [9.17, 15) is 19.8 Å². The summed E-state index contributed by atoms with van der Waals surface area (Å²) in [5.41, 5.74) is 0.434. The molecule has 110 valence electrons. The molecule has 0 fully saturated rings. The SMILES string of the molecule is COc1cccc(C(C(=O)O)C(CCCS)C(=O)O)c1. The number of thiol groups is 1. The molecule has 2 atom stereocenters. The van der Waals surface area contributed by atoms with E-state index < -0.39 is 23.8 Å². The van der Waals surface area contributed by atoms with Crippen molar-refractivity contribution in [2.24, 2.45) is 5.92 Å². The van der Waals surface area contributed by atoms with Gasteiger partial charge in [-0.15, -0.1) is 0 Å². The first-order chi connectivity index (χ1) is 9.51. The van der Waals surface area contributed by atoms with Gasteiger partial charge in [-0.2, -0.15) is 12.6 Å². The molecule has 0 aromatic heterocycles. The van der Waals surface area contributed by atoms with Crippen LogP contribution in [0.25, 0.3) is 0 Å². The Kier molecular flexibility index (Phi) is 6.38. The third kappa shape index (κ3) is 4.16. The lowest BCUT2D eigenvalue weighted by atomic mass is 9.83. The summed E-state index contributed by atoms with van der Waals surface area (Å²) >= 11 is 4.04. The van der Waals surface area contributed by atoms with Crippen LogP contribution in [-0.2, 0) is 9.59 Å². The highest BCUT2D eigenvalue weighted by molar-refractivity contribution is 7.80. The van der Waals surface area contributed by atoms with Crippen LogP contribution >= 0.6 is 12.6 Å². The summed E-state index contributed by atoms with van der Waals surface area (Å²) < 4.78 is 5.05. The van der Waals surface area contributed by atoms with E-state index in [0.717, 1.165) is 0 Å². The van der Waals surface area contributed by atoms with Crippen LogP contribution in [0.1, 0.15) is 24.3 Å². The van der Waals surface area contributed by atoms with E-state index >= 15 is 0 Å². The zero-order valence-corrected chi connectivity index (χ0v) is 12.0. The van der Waals surface area contributed by atoms with E-state index in [4.69, 9.17) is 4.74 Å². The molecule has 5 nitrogen and oxygen atoms in total. The minimum atomic E-state index is -1.15. The minimum Gasteiger partial charge on any atom is -0.497 e. The van der Waals surface area contributed by atoms with Crippen molar-refractivity contribution in [3.05, 3.63) is 29.8 Å². The Morgan fingerprint density at radius 3 is 2.50 bits per heavy atom. The van der Waals surface area contributed by atoms with Gasteiger partial charge in [0.2, 0.25) is 0 Å². The normalized spacial score (nSPS) is 13.5. The predicted molar refractivity (Wildman–Crippen MR) is 77.6 cm³/mol. The smallest absolute Gasteiger partial charge is 0.311 e. The van der Waals surface area contributed by atoms with Gasteiger partial charge in [-0.3, -0.25) is 9.59 Å². The van der Waals surface area contributed by atoms with Gasteiger partial charge >= 0.3 is 11.9 Å². The molecule has 1 rings (SSSR count). The standard InChI is InChI=1S/C14H18O5S/c1-19-10-5-2-4-9(8-10)12(14(17)18)11(13(15)16)6-3-7-20/h2,4-5,8,11-12,20H,3,6-7H2,1H3,(H,15,16)(H,17,18). The summed E-state index contributed by atoms with van der Waals surface area (Å²) in [6, 6.07) is 6.51. The van der Waals surface area contributed by atoms with E-state index in [2.05, 4.69) is 12.6 Å². The summed E-state index contributed by atoms with van der Waals surface area (Å²) in [5.74, 6) is -3.30. The molecule has 0 saturated carbocycles. The van der Waals surface area contributed by atoms with Gasteiger partial charge in [0.05, 0.1) is 18.9 Å². The molecule has 2 N–H and O–H groups in total. The van der Waals surface area contributed by atoms with Gasteiger partial charge in [-0.1, -0.05) is 12.1 Å². The lowest BCUT2D eigenvalue weighted by Crippen LogP contribution is -2.28. The highest BCUT2D eigenvalue weighted by Crippen LogP contribution is 2.31. The fraction of sp³-hybridized carbons (Fsp3) is 0.429. The number of hydrogen-bond acceptors (Lipinski definition) is 4. The number of carboxylic acid groups (broad SMARTS) is 2. The largest absolute Gasteiger partial charge is 0.497 e. The van der Waals surface area contributed by atoms with Gasteiger partial charge in [0, 0.05) is 0 Å². The van der Waals surface area contributed by atoms with Crippen LogP contribution in [0, 0.1) is 5.92 Å². The van der Waals surface area contributed by atoms with Crippen LogP contribution in [0.15, 0.2) is 24.3 Å². The van der Waals surface area contributed by atoms with Crippen molar-refractivity contribution in [1.29, 1.82) is 0 Å². The molecule has 0 bridgehead atoms. The fourth-order valence-corrected chi connectivity index (χ4v) is 2.31. The molecule has 0 amide bonds. The Balaban J connectivity index is 3.13. The first kappa shape index (κ1) is 16.4. The quantitative estimate of drug-likeness (QED) is 0.641. The lowest BCUT2D eigenvalue weighted by molar-refractivity contribution is -0.150. The molecule has 1 aromatic carbocycles. The van der Waals surface area contributed by atoms with Crippen LogP contribution in [0.5, 0.6) is 5.75 Å². The zero-order valence-electron chi connectivity index (χ0n) is 11.2. The summed E-state index contributed by atoms with van der Waals surface area (Å²) in [6.45, 7) is 0. The number of carbonyl (C=O) groups is 2. The summed E-state index contributed by atoms with van der Waals surface area (Å²) in [4.78, 5) is 22.8. The summed E-state index contributed by atoms with van der Waals surface area (Å²) in [7, 11) is 1.48. The van der Waals surface area contributed by atoms with Crippen molar-refractivity contribution in [2.45, 2.75) is 18.8 Å². The van der Waals surface area contributed by atoms with E-state index in [1.54, 1.807) is 24.3 Å². The predicted octanol–water partition coefficient (Wildman–Crippen LogP) is 2.27. The van der Waals surface area contributed by atoms with E-state index in [1.165, 1.54) is 7.11 Å². The Bertz CT molecular complexity index is 474. The van der Waals surface area contributed by atoms with Gasteiger partial charge < -0.3 is 14.9 Å². The molecular formula is C14H18O5S. The van der Waals surface area contributed by atoms with Crippen molar-refractivity contribution in [1.82, 2.24) is 0 Å². The van der Waals surface area contributed by atoms with Gasteiger partial charge in [0.1, 0.15) is 5.75 Å². The number of ether oxygens (including phenoxy) is 1. The second-order valence-corrected chi connectivity index (χ2v) is 4.85. The second kappa shape index (κ2) is 7.79. The lowest BCUT2D eigenvalue weighted by Gasteiger charge is -2.21. The maximum atomic E-state index is 11.5. The molecule has 6 heteroatoms. The third-order valence-corrected chi connectivity index (χ3v) is 3.43. The zero-order chi connectivity index (χ0) is 15.1. The van der Waals surface area contributed by atoms with Crippen LogP contribution < -0.4 is 4.74 Å². The number of methoxy groups -OCH3 is 1. The Morgan fingerprint density at radius 2 is 2.00 bits per heavy atom. The Morgan fingerprint density at radius 1 is 1.30 bits per heavy atom. The number of aliphatic carboxylic acids is 2. The average Bonchev–Trinajstić information content (AvgIpc) is 2.42. The molecule has 0 saturated heterocycles. The number of carboxylic acids is 2. The maximum absolute atomic E-state index is 11.5. The molecular weight excluding hydrogens is 280 g/mol. The van der Waals surface area contributed by atoms with Crippen LogP contribution in [0.2, 0.25) is 0 Å². The number of rotatable bonds is 8. The second-order valence-electron chi connectivity index (χ2n) is 4.40. The minimum absolute atomic E-state index is 0.271. The van der Waals surface area contributed by atoms with Gasteiger partial charge in [-0.25, -0.2) is 0 Å². The number of hydrogen-bond donors (Lipinski definition) is 3. The Hall–Kier alpha value is -1.69. The van der Waals surface area contributed by atoms with Crippen molar-refractivity contribution in [3.63, 3.8) is 0 Å². The molecule has 2 unspecified atom stereocenters. The van der Waals surface area contributed by atoms with Crippen LogP contribution in [-0.4, -0.2) is 35.0 Å². The molecule has 0 aliphatic carbocycles. The third-order valence-electron chi connectivity index (χ3n) is 3.11. The topological polar surface area (TPSA) is 83.8 Å². The van der Waals surface area contributed by atoms with E-state index in [-0.39, 0.29) is 6.42 Å². The molecule has 0 aliphatic heterocycles. The molecule has 1 aromatic rings. The van der Waals surface area contributed by atoms with Gasteiger partial charge in [-0.05, 0) is 36.3 Å². The van der Waals surface area contributed by atoms with Crippen molar-refractivity contribution in [2.75, 3.05) is 12.9 Å². The van der Waals surface area contributed by atoms with Crippen LogP contribution in [0.3, 0.4) is 0 Å². The fourth-order valence-electron chi connectivity index (χ4n) is 2.13. The Labute approximate surface area is 123 Å². The monoisotopic (exact) mass is 298 g/mol. The van der Waals surface area contributed by atoms with Gasteiger partial charge in [0.15, 0.2) is 0 Å². The molecule has 0 radical (unpaired) electrons. The summed E-state index contributed by atoms with van der Waals surface area (Å²) in [6.07, 6.45) is 0.820. The summed E-state index contributed by atoms with van der Waals surface area (Å²) in [5, 5.41) is 18.7. The maximum Gasteiger partial charge on any atom is 0.311 e. The highest BCUT2D eigenvalue weighted by atomic mass is 32.1. The van der Waals surface area contributed by atoms with Crippen molar-refractivity contribution >= 4 is 24.6 Å². The number of benzene rings is 1. The van der Waals surface area contributed by atoms with Crippen molar-refractivity contribution in [3.8, 4) is 5.75 Å². The average molecular weight is 298 g/mol. The highest BCUT2D eigenvalue weighted by Gasteiger charge is 2.34. The van der Waals surface area contributed by atoms with E-state index in [1.807, 2.05) is 0 Å². The molecule has 0 spiro atoms. The molecule has 20 heavy (non-hydrogen) atoms. The first-order valence-electron chi connectivity index (χ1n) is 6.21. The first-order valence-corrected chi connectivity index (χ1v) is 6.85. The molecule has 0 heterocycles. The van der Waals surface area contributed by atoms with Crippen LogP contribution in [0.4, 0.5) is 0 Å². The van der Waals surface area contributed by atoms with Crippen molar-refractivity contribution < 1.29 is 24.5 Å².